The second-order valence-electron chi connectivity index (χ2n) is 3.86. The van der Waals surface area contributed by atoms with Gasteiger partial charge in [0, 0.05) is 19.7 Å². The smallest absolute Gasteiger partial charge is 0.214 e. The van der Waals surface area contributed by atoms with Crippen molar-refractivity contribution in [3.05, 3.63) is 0 Å². The van der Waals surface area contributed by atoms with Crippen molar-refractivity contribution in [1.82, 2.24) is 4.31 Å². The van der Waals surface area contributed by atoms with E-state index in [-0.39, 0.29) is 18.3 Å². The zero-order valence-electron chi connectivity index (χ0n) is 8.65. The molecular weight excluding hydrogens is 202 g/mol. The van der Waals surface area contributed by atoms with Gasteiger partial charge < -0.3 is 5.11 Å². The van der Waals surface area contributed by atoms with E-state index < -0.39 is 10.0 Å². The van der Waals surface area contributed by atoms with Crippen LogP contribution in [0.25, 0.3) is 0 Å². The molecule has 4 nitrogen and oxygen atoms in total. The highest BCUT2D eigenvalue weighted by Crippen LogP contribution is 2.19. The Morgan fingerprint density at radius 1 is 1.50 bits per heavy atom. The van der Waals surface area contributed by atoms with Gasteiger partial charge in [0.05, 0.1) is 5.75 Å². The molecule has 0 aliphatic carbocycles. The molecule has 0 aromatic carbocycles. The summed E-state index contributed by atoms with van der Waals surface area (Å²) >= 11 is 0. The fourth-order valence-electron chi connectivity index (χ4n) is 1.65. The largest absolute Gasteiger partial charge is 0.396 e. The van der Waals surface area contributed by atoms with Gasteiger partial charge in [-0.25, -0.2) is 12.7 Å². The molecule has 1 aliphatic heterocycles. The predicted octanol–water partition coefficient (Wildman–Crippen LogP) is 0.430. The molecule has 0 radical (unpaired) electrons. The van der Waals surface area contributed by atoms with Crippen LogP contribution in [0.2, 0.25) is 0 Å². The molecule has 0 bridgehead atoms. The summed E-state index contributed by atoms with van der Waals surface area (Å²) in [4.78, 5) is 0. The Kier molecular flexibility index (Phi) is 4.34. The zero-order valence-corrected chi connectivity index (χ0v) is 9.46. The molecule has 1 rings (SSSR count). The Hall–Kier alpha value is -0.130. The molecule has 1 fully saturated rings. The lowest BCUT2D eigenvalue weighted by atomic mass is 10.1. The number of aliphatic hydroxyl groups excluding tert-OH is 1. The Balaban J connectivity index is 2.49. The van der Waals surface area contributed by atoms with Crippen molar-refractivity contribution < 1.29 is 13.5 Å². The number of nitrogens with zero attached hydrogens (tertiary/aromatic N) is 1. The highest BCUT2D eigenvalue weighted by molar-refractivity contribution is 7.89. The van der Waals surface area contributed by atoms with Crippen molar-refractivity contribution in [2.75, 3.05) is 25.4 Å². The second kappa shape index (κ2) is 5.09. The molecule has 0 aromatic rings. The average molecular weight is 221 g/mol. The van der Waals surface area contributed by atoms with E-state index >= 15 is 0 Å². The van der Waals surface area contributed by atoms with Crippen molar-refractivity contribution in [2.24, 2.45) is 5.92 Å². The van der Waals surface area contributed by atoms with E-state index in [4.69, 9.17) is 5.11 Å². The van der Waals surface area contributed by atoms with Crippen LogP contribution in [0.5, 0.6) is 0 Å². The van der Waals surface area contributed by atoms with Crippen LogP contribution in [-0.4, -0.2) is 43.3 Å². The fraction of sp³-hybridized carbons (Fsp3) is 1.00. The summed E-state index contributed by atoms with van der Waals surface area (Å²) in [6.07, 6.45) is 2.42. The summed E-state index contributed by atoms with van der Waals surface area (Å²) in [5.74, 6) is 0.396. The molecule has 1 aliphatic rings. The highest BCUT2D eigenvalue weighted by Gasteiger charge is 2.30. The van der Waals surface area contributed by atoms with E-state index in [0.29, 0.717) is 13.1 Å². The topological polar surface area (TPSA) is 57.6 Å². The predicted molar refractivity (Wildman–Crippen MR) is 55.5 cm³/mol. The van der Waals surface area contributed by atoms with Crippen LogP contribution in [0, 0.1) is 5.92 Å². The summed E-state index contributed by atoms with van der Waals surface area (Å²) < 4.78 is 24.9. The number of hydrogen-bond donors (Lipinski definition) is 1. The maximum atomic E-state index is 11.7. The van der Waals surface area contributed by atoms with Crippen LogP contribution in [0.4, 0.5) is 0 Å². The van der Waals surface area contributed by atoms with Gasteiger partial charge in [0.15, 0.2) is 0 Å². The molecule has 5 heteroatoms. The Morgan fingerprint density at radius 2 is 2.21 bits per heavy atom. The monoisotopic (exact) mass is 221 g/mol. The van der Waals surface area contributed by atoms with E-state index in [0.717, 1.165) is 19.3 Å². The van der Waals surface area contributed by atoms with Crippen LogP contribution in [0.3, 0.4) is 0 Å². The summed E-state index contributed by atoms with van der Waals surface area (Å²) in [6, 6.07) is 0. The van der Waals surface area contributed by atoms with Gasteiger partial charge in [-0.05, 0) is 18.8 Å². The molecule has 0 amide bonds. The number of unbranched alkanes of at least 4 members (excludes halogenated alkanes) is 1. The first kappa shape index (κ1) is 11.9. The first-order chi connectivity index (χ1) is 6.60. The van der Waals surface area contributed by atoms with Crippen molar-refractivity contribution in [2.45, 2.75) is 26.2 Å². The summed E-state index contributed by atoms with van der Waals surface area (Å²) in [5, 5.41) is 8.90. The lowest BCUT2D eigenvalue weighted by Gasteiger charge is -2.15. The molecule has 0 aromatic heterocycles. The second-order valence-corrected chi connectivity index (χ2v) is 5.95. The van der Waals surface area contributed by atoms with Gasteiger partial charge in [-0.3, -0.25) is 0 Å². The molecule has 84 valence electrons. The fourth-order valence-corrected chi connectivity index (χ4v) is 3.39. The molecule has 1 heterocycles. The van der Waals surface area contributed by atoms with Crippen molar-refractivity contribution in [1.29, 1.82) is 0 Å². The van der Waals surface area contributed by atoms with Gasteiger partial charge in [-0.2, -0.15) is 0 Å². The Bertz CT molecular complexity index is 263. The normalized spacial score (nSPS) is 24.3. The van der Waals surface area contributed by atoms with Crippen molar-refractivity contribution in [3.63, 3.8) is 0 Å². The number of sulfonamides is 1. The Morgan fingerprint density at radius 3 is 2.71 bits per heavy atom. The van der Waals surface area contributed by atoms with E-state index in [9.17, 15) is 8.42 Å². The van der Waals surface area contributed by atoms with Gasteiger partial charge in [0.1, 0.15) is 0 Å². The highest BCUT2D eigenvalue weighted by atomic mass is 32.2. The average Bonchev–Trinajstić information content (AvgIpc) is 2.63. The van der Waals surface area contributed by atoms with E-state index in [2.05, 4.69) is 0 Å². The third kappa shape index (κ3) is 2.93. The minimum Gasteiger partial charge on any atom is -0.396 e. The van der Waals surface area contributed by atoms with Crippen LogP contribution < -0.4 is 0 Å². The van der Waals surface area contributed by atoms with Gasteiger partial charge >= 0.3 is 0 Å². The standard InChI is InChI=1S/C9H19NO3S/c1-2-3-6-14(12,13)10-5-4-9(7-10)8-11/h9,11H,2-8H2,1H3. The molecule has 0 spiro atoms. The molecule has 1 unspecified atom stereocenters. The molecule has 1 saturated heterocycles. The van der Waals surface area contributed by atoms with Gasteiger partial charge in [0.25, 0.3) is 0 Å². The van der Waals surface area contributed by atoms with E-state index in [1.165, 1.54) is 4.31 Å². The third-order valence-corrected chi connectivity index (χ3v) is 4.58. The number of aliphatic hydroxyl groups is 1. The van der Waals surface area contributed by atoms with Gasteiger partial charge in [-0.1, -0.05) is 13.3 Å². The van der Waals surface area contributed by atoms with Crippen LogP contribution in [0.15, 0.2) is 0 Å². The summed E-state index contributed by atoms with van der Waals surface area (Å²) in [6.45, 7) is 3.16. The maximum absolute atomic E-state index is 11.7. The minimum atomic E-state index is -3.04. The minimum absolute atomic E-state index is 0.0970. The lowest BCUT2D eigenvalue weighted by molar-refractivity contribution is 0.233. The number of rotatable bonds is 5. The third-order valence-electron chi connectivity index (χ3n) is 2.66. The molecule has 0 saturated carbocycles. The van der Waals surface area contributed by atoms with Crippen LogP contribution in [0.1, 0.15) is 26.2 Å². The van der Waals surface area contributed by atoms with Crippen molar-refractivity contribution >= 4 is 10.0 Å². The Labute approximate surface area is 86.0 Å². The van der Waals surface area contributed by atoms with Crippen LogP contribution >= 0.6 is 0 Å². The molecule has 1 N–H and O–H groups in total. The van der Waals surface area contributed by atoms with Gasteiger partial charge in [-0.15, -0.1) is 0 Å². The van der Waals surface area contributed by atoms with Crippen LogP contribution in [-0.2, 0) is 10.0 Å². The first-order valence-corrected chi connectivity index (χ1v) is 6.79. The zero-order chi connectivity index (χ0) is 10.6. The summed E-state index contributed by atoms with van der Waals surface area (Å²) in [7, 11) is -3.04. The SMILES string of the molecule is CCCCS(=O)(=O)N1CCC(CO)C1. The first-order valence-electron chi connectivity index (χ1n) is 5.19. The molecule has 14 heavy (non-hydrogen) atoms. The number of hydrogen-bond acceptors (Lipinski definition) is 3. The quantitative estimate of drug-likeness (QED) is 0.732. The van der Waals surface area contributed by atoms with Crippen molar-refractivity contribution in [3.8, 4) is 0 Å². The van der Waals surface area contributed by atoms with E-state index in [1.807, 2.05) is 6.92 Å². The summed E-state index contributed by atoms with van der Waals surface area (Å²) in [5.41, 5.74) is 0. The lowest BCUT2D eigenvalue weighted by Crippen LogP contribution is -2.31. The maximum Gasteiger partial charge on any atom is 0.214 e. The van der Waals surface area contributed by atoms with E-state index in [1.54, 1.807) is 0 Å². The molecule has 1 atom stereocenters. The molecular formula is C9H19NO3S. The van der Waals surface area contributed by atoms with Gasteiger partial charge in [0.2, 0.25) is 10.0 Å².